The number of rotatable bonds is 9. The number of carboxylic acids is 1. The predicted octanol–water partition coefficient (Wildman–Crippen LogP) is 2.89. The maximum Gasteiger partial charge on any atom is 0.335 e. The van der Waals surface area contributed by atoms with Crippen molar-refractivity contribution in [1.29, 1.82) is 0 Å². The van der Waals surface area contributed by atoms with Crippen molar-refractivity contribution in [2.45, 2.75) is 26.2 Å². The number of hydrogen-bond donors (Lipinski definition) is 1. The van der Waals surface area contributed by atoms with Gasteiger partial charge in [-0.15, -0.1) is 0 Å². The van der Waals surface area contributed by atoms with Crippen LogP contribution in [0.2, 0.25) is 0 Å². The molecule has 0 heterocycles. The molecule has 0 radical (unpaired) electrons. The second kappa shape index (κ2) is 7.29. The molecule has 4 nitrogen and oxygen atoms in total. The third-order valence-corrected chi connectivity index (χ3v) is 3.53. The van der Waals surface area contributed by atoms with Gasteiger partial charge in [0.15, 0.2) is 0 Å². The van der Waals surface area contributed by atoms with Gasteiger partial charge in [0.1, 0.15) is 12.4 Å². The molecule has 4 heteroatoms. The molecule has 1 aromatic carbocycles. The van der Waals surface area contributed by atoms with Crippen molar-refractivity contribution in [2.75, 3.05) is 26.2 Å². The Morgan fingerprint density at radius 2 is 2.00 bits per heavy atom. The molecule has 1 aromatic rings. The van der Waals surface area contributed by atoms with E-state index in [1.165, 1.54) is 25.8 Å². The highest BCUT2D eigenvalue weighted by atomic mass is 16.5. The molecular weight excluding hydrogens is 254 g/mol. The quantitative estimate of drug-likeness (QED) is 0.754. The van der Waals surface area contributed by atoms with Gasteiger partial charge < -0.3 is 9.84 Å². The molecule has 0 atom stereocenters. The Labute approximate surface area is 120 Å². The first-order valence-electron chi connectivity index (χ1n) is 7.37. The van der Waals surface area contributed by atoms with E-state index in [0.717, 1.165) is 24.8 Å². The third kappa shape index (κ3) is 4.85. The molecule has 0 bridgehead atoms. The first-order chi connectivity index (χ1) is 9.69. The summed E-state index contributed by atoms with van der Waals surface area (Å²) in [6, 6.07) is 6.58. The van der Waals surface area contributed by atoms with Crippen LogP contribution in [-0.2, 0) is 0 Å². The van der Waals surface area contributed by atoms with E-state index in [2.05, 4.69) is 11.8 Å². The standard InChI is InChI=1S/C16H23NO3/c1-2-9-17(12-13-3-4-13)10-11-20-15-7-5-14(6-8-15)16(18)19/h5-8,13H,2-4,9-12H2,1H3,(H,18,19). The molecule has 0 saturated heterocycles. The second-order valence-electron chi connectivity index (χ2n) is 5.42. The van der Waals surface area contributed by atoms with Crippen LogP contribution in [0.5, 0.6) is 5.75 Å². The molecule has 2 rings (SSSR count). The van der Waals surface area contributed by atoms with E-state index in [0.29, 0.717) is 12.2 Å². The molecular formula is C16H23NO3. The van der Waals surface area contributed by atoms with E-state index in [9.17, 15) is 4.79 Å². The Balaban J connectivity index is 1.74. The van der Waals surface area contributed by atoms with Crippen molar-refractivity contribution in [2.24, 2.45) is 5.92 Å². The summed E-state index contributed by atoms with van der Waals surface area (Å²) in [5.74, 6) is 0.726. The average molecular weight is 277 g/mol. The van der Waals surface area contributed by atoms with Crippen LogP contribution in [0.1, 0.15) is 36.5 Å². The van der Waals surface area contributed by atoms with E-state index >= 15 is 0 Å². The average Bonchev–Trinajstić information content (AvgIpc) is 3.23. The van der Waals surface area contributed by atoms with Crippen LogP contribution >= 0.6 is 0 Å². The van der Waals surface area contributed by atoms with Gasteiger partial charge in [0.05, 0.1) is 5.56 Å². The van der Waals surface area contributed by atoms with Gasteiger partial charge in [-0.05, 0) is 56.0 Å². The Morgan fingerprint density at radius 1 is 1.30 bits per heavy atom. The lowest BCUT2D eigenvalue weighted by atomic mass is 10.2. The summed E-state index contributed by atoms with van der Waals surface area (Å²) in [5.41, 5.74) is 0.290. The number of carboxylic acid groups (broad SMARTS) is 1. The van der Waals surface area contributed by atoms with Crippen LogP contribution in [0.4, 0.5) is 0 Å². The van der Waals surface area contributed by atoms with Gasteiger partial charge in [-0.3, -0.25) is 4.90 Å². The van der Waals surface area contributed by atoms with E-state index in [1.807, 2.05) is 0 Å². The summed E-state index contributed by atoms with van der Waals surface area (Å²) >= 11 is 0. The van der Waals surface area contributed by atoms with Crippen molar-refractivity contribution in [3.8, 4) is 5.75 Å². The van der Waals surface area contributed by atoms with Crippen LogP contribution in [0, 0.1) is 5.92 Å². The van der Waals surface area contributed by atoms with Gasteiger partial charge in [-0.1, -0.05) is 6.92 Å². The van der Waals surface area contributed by atoms with Crippen molar-refractivity contribution < 1.29 is 14.6 Å². The fourth-order valence-corrected chi connectivity index (χ4v) is 2.26. The largest absolute Gasteiger partial charge is 0.492 e. The Kier molecular flexibility index (Phi) is 5.41. The Hall–Kier alpha value is -1.55. The van der Waals surface area contributed by atoms with Crippen LogP contribution in [0.15, 0.2) is 24.3 Å². The molecule has 20 heavy (non-hydrogen) atoms. The molecule has 1 saturated carbocycles. The number of carbonyl (C=O) groups is 1. The minimum absolute atomic E-state index is 0.290. The van der Waals surface area contributed by atoms with Gasteiger partial charge in [0, 0.05) is 13.1 Å². The van der Waals surface area contributed by atoms with E-state index < -0.39 is 5.97 Å². The zero-order chi connectivity index (χ0) is 14.4. The molecule has 0 amide bonds. The lowest BCUT2D eigenvalue weighted by Crippen LogP contribution is -2.31. The number of ether oxygens (including phenoxy) is 1. The first-order valence-corrected chi connectivity index (χ1v) is 7.37. The minimum atomic E-state index is -0.907. The number of hydrogen-bond acceptors (Lipinski definition) is 3. The summed E-state index contributed by atoms with van der Waals surface area (Å²) in [7, 11) is 0. The predicted molar refractivity (Wildman–Crippen MR) is 78.4 cm³/mol. The summed E-state index contributed by atoms with van der Waals surface area (Å²) in [6.45, 7) is 6.10. The molecule has 0 aromatic heterocycles. The third-order valence-electron chi connectivity index (χ3n) is 3.53. The molecule has 1 N–H and O–H groups in total. The fourth-order valence-electron chi connectivity index (χ4n) is 2.26. The highest BCUT2D eigenvalue weighted by Crippen LogP contribution is 2.29. The maximum absolute atomic E-state index is 10.7. The Morgan fingerprint density at radius 3 is 2.55 bits per heavy atom. The van der Waals surface area contributed by atoms with Gasteiger partial charge in [-0.25, -0.2) is 4.79 Å². The zero-order valence-corrected chi connectivity index (χ0v) is 12.0. The van der Waals surface area contributed by atoms with E-state index in [-0.39, 0.29) is 0 Å². The number of nitrogens with zero attached hydrogens (tertiary/aromatic N) is 1. The SMILES string of the molecule is CCCN(CCOc1ccc(C(=O)O)cc1)CC1CC1. The van der Waals surface area contributed by atoms with Crippen molar-refractivity contribution in [3.63, 3.8) is 0 Å². The summed E-state index contributed by atoms with van der Waals surface area (Å²) in [6.07, 6.45) is 3.91. The molecule has 0 spiro atoms. The van der Waals surface area contributed by atoms with E-state index in [4.69, 9.17) is 9.84 Å². The lowest BCUT2D eigenvalue weighted by molar-refractivity contribution is 0.0697. The molecule has 110 valence electrons. The topological polar surface area (TPSA) is 49.8 Å². The highest BCUT2D eigenvalue weighted by molar-refractivity contribution is 5.87. The highest BCUT2D eigenvalue weighted by Gasteiger charge is 2.23. The molecule has 1 fully saturated rings. The normalized spacial score (nSPS) is 14.5. The van der Waals surface area contributed by atoms with Gasteiger partial charge >= 0.3 is 5.97 Å². The monoisotopic (exact) mass is 277 g/mol. The minimum Gasteiger partial charge on any atom is -0.492 e. The summed E-state index contributed by atoms with van der Waals surface area (Å²) < 4.78 is 5.68. The van der Waals surface area contributed by atoms with E-state index in [1.54, 1.807) is 24.3 Å². The number of benzene rings is 1. The van der Waals surface area contributed by atoms with Gasteiger partial charge in [0.25, 0.3) is 0 Å². The van der Waals surface area contributed by atoms with Crippen LogP contribution in [-0.4, -0.2) is 42.2 Å². The van der Waals surface area contributed by atoms with Crippen molar-refractivity contribution in [3.05, 3.63) is 29.8 Å². The summed E-state index contributed by atoms with van der Waals surface area (Å²) in [5, 5.41) is 8.83. The molecule has 0 aliphatic heterocycles. The molecule has 1 aliphatic rings. The van der Waals surface area contributed by atoms with Gasteiger partial charge in [-0.2, -0.15) is 0 Å². The fraction of sp³-hybridized carbons (Fsp3) is 0.562. The van der Waals surface area contributed by atoms with Crippen molar-refractivity contribution in [1.82, 2.24) is 4.90 Å². The molecule has 0 unspecified atom stereocenters. The molecule has 1 aliphatic carbocycles. The van der Waals surface area contributed by atoms with Crippen molar-refractivity contribution >= 4 is 5.97 Å². The van der Waals surface area contributed by atoms with Gasteiger partial charge in [0.2, 0.25) is 0 Å². The zero-order valence-electron chi connectivity index (χ0n) is 12.0. The van der Waals surface area contributed by atoms with Crippen LogP contribution in [0.25, 0.3) is 0 Å². The lowest BCUT2D eigenvalue weighted by Gasteiger charge is -2.21. The first kappa shape index (κ1) is 14.9. The van der Waals surface area contributed by atoms with Crippen LogP contribution < -0.4 is 4.74 Å². The van der Waals surface area contributed by atoms with Crippen LogP contribution in [0.3, 0.4) is 0 Å². The Bertz CT molecular complexity index is 426. The second-order valence-corrected chi connectivity index (χ2v) is 5.42. The maximum atomic E-state index is 10.7. The number of aromatic carboxylic acids is 1. The smallest absolute Gasteiger partial charge is 0.335 e. The summed E-state index contributed by atoms with van der Waals surface area (Å²) in [4.78, 5) is 13.2.